The fourth-order valence-corrected chi connectivity index (χ4v) is 2.96. The molecule has 0 aliphatic heterocycles. The van der Waals surface area contributed by atoms with Crippen LogP contribution >= 0.6 is 11.8 Å². The van der Waals surface area contributed by atoms with Crippen LogP contribution in [0.3, 0.4) is 0 Å². The van der Waals surface area contributed by atoms with E-state index in [1.54, 1.807) is 0 Å². The molecule has 5 heteroatoms. The van der Waals surface area contributed by atoms with Crippen LogP contribution in [0.25, 0.3) is 0 Å². The summed E-state index contributed by atoms with van der Waals surface area (Å²) in [5.41, 5.74) is 0. The Kier molecular flexibility index (Phi) is 6.58. The van der Waals surface area contributed by atoms with Crippen LogP contribution in [0.15, 0.2) is 35.2 Å². The molecule has 19 heavy (non-hydrogen) atoms. The number of carbonyl (C=O) groups excluding carboxylic acids is 1. The lowest BCUT2D eigenvalue weighted by molar-refractivity contribution is -0.118. The van der Waals surface area contributed by atoms with Gasteiger partial charge in [-0.05, 0) is 32.9 Å². The van der Waals surface area contributed by atoms with Gasteiger partial charge in [-0.25, -0.2) is 0 Å². The van der Waals surface area contributed by atoms with Crippen molar-refractivity contribution in [1.82, 2.24) is 5.32 Å². The van der Waals surface area contributed by atoms with E-state index >= 15 is 0 Å². The molecule has 0 saturated carbocycles. The lowest BCUT2D eigenvalue weighted by atomic mass is 10.3. The molecule has 0 saturated heterocycles. The van der Waals surface area contributed by atoms with Gasteiger partial charge in [-0.15, -0.1) is 11.8 Å². The molecule has 0 aliphatic rings. The molecular weight excluding hydrogens is 278 g/mol. The van der Waals surface area contributed by atoms with E-state index in [0.29, 0.717) is 18.1 Å². The molecule has 106 valence electrons. The summed E-state index contributed by atoms with van der Waals surface area (Å²) in [6.07, 6.45) is 0. The molecule has 1 aromatic carbocycles. The van der Waals surface area contributed by atoms with Crippen molar-refractivity contribution >= 4 is 28.5 Å². The van der Waals surface area contributed by atoms with Crippen molar-refractivity contribution in [1.29, 1.82) is 0 Å². The van der Waals surface area contributed by atoms with Crippen LogP contribution in [-0.4, -0.2) is 32.9 Å². The van der Waals surface area contributed by atoms with Gasteiger partial charge in [-0.1, -0.05) is 18.2 Å². The summed E-state index contributed by atoms with van der Waals surface area (Å²) < 4.78 is 11.6. The summed E-state index contributed by atoms with van der Waals surface area (Å²) >= 11 is 1.51. The Morgan fingerprint density at radius 3 is 2.47 bits per heavy atom. The third-order valence-corrected chi connectivity index (χ3v) is 5.36. The maximum atomic E-state index is 11.8. The first-order chi connectivity index (χ1) is 8.89. The highest BCUT2D eigenvalue weighted by molar-refractivity contribution is 8.00. The van der Waals surface area contributed by atoms with Crippen LogP contribution in [0.2, 0.25) is 0 Å². The van der Waals surface area contributed by atoms with Gasteiger partial charge in [0.15, 0.2) is 0 Å². The fourth-order valence-electron chi connectivity index (χ4n) is 1.31. The first-order valence-corrected chi connectivity index (χ1v) is 8.53. The SMILES string of the molecule is CC(C)(C)S(=O)CCNC(=O)CSc1ccccc1. The molecule has 3 nitrogen and oxygen atoms in total. The largest absolute Gasteiger partial charge is 0.354 e. The first-order valence-electron chi connectivity index (χ1n) is 6.22. The van der Waals surface area contributed by atoms with E-state index < -0.39 is 10.8 Å². The number of thioether (sulfide) groups is 1. The van der Waals surface area contributed by atoms with Crippen molar-refractivity contribution in [3.63, 3.8) is 0 Å². The van der Waals surface area contributed by atoms with Crippen molar-refractivity contribution < 1.29 is 9.00 Å². The molecule has 1 N–H and O–H groups in total. The van der Waals surface area contributed by atoms with Gasteiger partial charge in [-0.2, -0.15) is 0 Å². The molecule has 0 aromatic heterocycles. The molecule has 1 rings (SSSR count). The van der Waals surface area contributed by atoms with Gasteiger partial charge in [0.25, 0.3) is 0 Å². The number of carbonyl (C=O) groups is 1. The molecule has 0 aliphatic carbocycles. The quantitative estimate of drug-likeness (QED) is 0.821. The molecule has 0 radical (unpaired) electrons. The van der Waals surface area contributed by atoms with Crippen LogP contribution in [0, 0.1) is 0 Å². The Labute approximate surface area is 122 Å². The Hall–Kier alpha value is -0.810. The Bertz CT molecular complexity index is 427. The zero-order valence-corrected chi connectivity index (χ0v) is 13.3. The number of hydrogen-bond donors (Lipinski definition) is 1. The third kappa shape index (κ3) is 6.78. The summed E-state index contributed by atoms with van der Waals surface area (Å²) in [5, 5.41) is 2.80. The van der Waals surface area contributed by atoms with Crippen molar-refractivity contribution in [2.75, 3.05) is 18.1 Å². The number of rotatable bonds is 6. The Morgan fingerprint density at radius 2 is 1.89 bits per heavy atom. The van der Waals surface area contributed by atoms with Crippen molar-refractivity contribution in [3.05, 3.63) is 30.3 Å². The summed E-state index contributed by atoms with van der Waals surface area (Å²) in [5.74, 6) is 0.886. The average molecular weight is 299 g/mol. The Balaban J connectivity index is 2.20. The fraction of sp³-hybridized carbons (Fsp3) is 0.500. The maximum Gasteiger partial charge on any atom is 0.230 e. The zero-order chi connectivity index (χ0) is 14.3. The van der Waals surface area contributed by atoms with Crippen LogP contribution in [0.4, 0.5) is 0 Å². The summed E-state index contributed by atoms with van der Waals surface area (Å²) in [7, 11) is -0.915. The minimum Gasteiger partial charge on any atom is -0.354 e. The predicted octanol–water partition coefficient (Wildman–Crippen LogP) is 2.44. The second kappa shape index (κ2) is 7.70. The van der Waals surface area contributed by atoms with E-state index in [1.807, 2.05) is 51.1 Å². The van der Waals surface area contributed by atoms with E-state index in [0.717, 1.165) is 4.90 Å². The van der Waals surface area contributed by atoms with Crippen LogP contribution in [-0.2, 0) is 15.6 Å². The summed E-state index contributed by atoms with van der Waals surface area (Å²) in [4.78, 5) is 12.7. The highest BCUT2D eigenvalue weighted by Crippen LogP contribution is 2.16. The minimum atomic E-state index is -0.915. The minimum absolute atomic E-state index is 0.0141. The van der Waals surface area contributed by atoms with E-state index in [-0.39, 0.29) is 10.7 Å². The molecule has 0 bridgehead atoms. The average Bonchev–Trinajstić information content (AvgIpc) is 2.36. The third-order valence-electron chi connectivity index (χ3n) is 2.41. The van der Waals surface area contributed by atoms with Crippen LogP contribution < -0.4 is 5.32 Å². The van der Waals surface area contributed by atoms with Crippen molar-refractivity contribution in [2.24, 2.45) is 0 Å². The van der Waals surface area contributed by atoms with Gasteiger partial charge in [-0.3, -0.25) is 9.00 Å². The standard InChI is InChI=1S/C14H21NO2S2/c1-14(2,3)19(17)10-9-15-13(16)11-18-12-7-5-4-6-8-12/h4-8H,9-11H2,1-3H3,(H,15,16). The first kappa shape index (κ1) is 16.2. The van der Waals surface area contributed by atoms with Crippen LogP contribution in [0.1, 0.15) is 20.8 Å². The zero-order valence-electron chi connectivity index (χ0n) is 11.6. The van der Waals surface area contributed by atoms with Gasteiger partial charge < -0.3 is 5.32 Å². The number of nitrogens with one attached hydrogen (secondary N) is 1. The van der Waals surface area contributed by atoms with E-state index in [4.69, 9.17) is 0 Å². The molecule has 0 spiro atoms. The molecule has 1 amide bonds. The van der Waals surface area contributed by atoms with Gasteiger partial charge in [0.2, 0.25) is 5.91 Å². The summed E-state index contributed by atoms with van der Waals surface area (Å²) in [6.45, 7) is 6.29. The monoisotopic (exact) mass is 299 g/mol. The van der Waals surface area contributed by atoms with Gasteiger partial charge >= 0.3 is 0 Å². The Morgan fingerprint density at radius 1 is 1.26 bits per heavy atom. The molecule has 0 heterocycles. The van der Waals surface area contributed by atoms with Crippen LogP contribution in [0.5, 0.6) is 0 Å². The topological polar surface area (TPSA) is 46.2 Å². The number of amides is 1. The number of hydrogen-bond acceptors (Lipinski definition) is 3. The normalized spacial score (nSPS) is 13.0. The van der Waals surface area contributed by atoms with Gasteiger partial charge in [0.05, 0.1) is 5.75 Å². The van der Waals surface area contributed by atoms with Gasteiger partial charge in [0, 0.05) is 32.7 Å². The number of benzene rings is 1. The van der Waals surface area contributed by atoms with E-state index in [2.05, 4.69) is 5.32 Å². The predicted molar refractivity (Wildman–Crippen MR) is 82.9 cm³/mol. The smallest absolute Gasteiger partial charge is 0.230 e. The second-order valence-corrected chi connectivity index (χ2v) is 8.49. The highest BCUT2D eigenvalue weighted by atomic mass is 32.2. The van der Waals surface area contributed by atoms with Crippen molar-refractivity contribution in [2.45, 2.75) is 30.4 Å². The maximum absolute atomic E-state index is 11.8. The lowest BCUT2D eigenvalue weighted by Crippen LogP contribution is -2.33. The lowest BCUT2D eigenvalue weighted by Gasteiger charge is -2.17. The second-order valence-electron chi connectivity index (χ2n) is 5.11. The molecule has 1 aromatic rings. The molecule has 0 fully saturated rings. The van der Waals surface area contributed by atoms with E-state index in [9.17, 15) is 9.00 Å². The molecule has 1 unspecified atom stereocenters. The summed E-state index contributed by atoms with van der Waals surface area (Å²) in [6, 6.07) is 9.81. The highest BCUT2D eigenvalue weighted by Gasteiger charge is 2.18. The van der Waals surface area contributed by atoms with E-state index in [1.165, 1.54) is 11.8 Å². The van der Waals surface area contributed by atoms with Crippen molar-refractivity contribution in [3.8, 4) is 0 Å². The molecular formula is C14H21NO2S2. The molecule has 1 atom stereocenters. The van der Waals surface area contributed by atoms with Gasteiger partial charge in [0.1, 0.15) is 0 Å².